The maximum atomic E-state index is 5.78. The molecule has 24 heavy (non-hydrogen) atoms. The summed E-state index contributed by atoms with van der Waals surface area (Å²) in [7, 11) is 0. The normalized spacial score (nSPS) is 13.7. The van der Waals surface area contributed by atoms with Gasteiger partial charge in [-0.15, -0.1) is 17.0 Å². The molecule has 1 rings (SSSR count). The molecule has 0 aromatic rings. The minimum absolute atomic E-state index is 0. The fourth-order valence-corrected chi connectivity index (χ4v) is 3.19. The van der Waals surface area contributed by atoms with E-state index in [-0.39, 0.29) is 17.0 Å². The summed E-state index contributed by atoms with van der Waals surface area (Å²) in [6, 6.07) is 0. The van der Waals surface area contributed by atoms with Gasteiger partial charge in [0.2, 0.25) is 0 Å². The van der Waals surface area contributed by atoms with Crippen LogP contribution in [0.5, 0.6) is 0 Å². The summed E-state index contributed by atoms with van der Waals surface area (Å²) in [6.07, 6.45) is 23.4. The Morgan fingerprint density at radius 3 is 1.75 bits per heavy atom. The maximum absolute atomic E-state index is 5.78. The van der Waals surface area contributed by atoms with Gasteiger partial charge in [-0.25, -0.2) is 4.99 Å². The summed E-state index contributed by atoms with van der Waals surface area (Å²) >= 11 is 0. The molecule has 0 unspecified atom stereocenters. The summed E-state index contributed by atoms with van der Waals surface area (Å²) in [5.74, 6) is 0. The first kappa shape index (κ1) is 23.5. The standard InChI is InChI=1S/C20H39N3.BrH/c1-2-3-4-5-6-7-8-9-10-11-12-13-14-15-16-23-18-20(21)17-22-19-23;/h17,19H,2-16,18,21H2,1H3;1H. The second-order valence-electron chi connectivity index (χ2n) is 7.04. The van der Waals surface area contributed by atoms with E-state index in [1.165, 1.54) is 89.9 Å². The van der Waals surface area contributed by atoms with Crippen LogP contribution in [0, 0.1) is 0 Å². The average Bonchev–Trinajstić information content (AvgIpc) is 2.55. The van der Waals surface area contributed by atoms with E-state index >= 15 is 0 Å². The molecule has 0 atom stereocenters. The number of hydrogen-bond donors (Lipinski definition) is 1. The number of rotatable bonds is 15. The quantitative estimate of drug-likeness (QED) is 0.332. The SMILES string of the molecule is Br.CCCCCCCCCCCCCCCCN1C=NC=C(N)C1. The molecule has 0 radical (unpaired) electrons. The third-order valence-electron chi connectivity index (χ3n) is 4.65. The lowest BCUT2D eigenvalue weighted by atomic mass is 10.0. The number of aliphatic imine (C=N–C) groups is 1. The van der Waals surface area contributed by atoms with Crippen LogP contribution in [0.25, 0.3) is 0 Å². The van der Waals surface area contributed by atoms with Gasteiger partial charge in [-0.05, 0) is 6.42 Å². The minimum Gasteiger partial charge on any atom is -0.399 e. The van der Waals surface area contributed by atoms with E-state index in [1.54, 1.807) is 6.20 Å². The van der Waals surface area contributed by atoms with Gasteiger partial charge in [0.1, 0.15) is 0 Å². The van der Waals surface area contributed by atoms with E-state index < -0.39 is 0 Å². The molecule has 0 saturated heterocycles. The zero-order valence-electron chi connectivity index (χ0n) is 15.8. The van der Waals surface area contributed by atoms with E-state index in [0.29, 0.717) is 0 Å². The second kappa shape index (κ2) is 17.3. The molecule has 142 valence electrons. The van der Waals surface area contributed by atoms with Crippen LogP contribution in [0.3, 0.4) is 0 Å². The fraction of sp³-hybridized carbons (Fsp3) is 0.850. The lowest BCUT2D eigenvalue weighted by Gasteiger charge is -2.21. The van der Waals surface area contributed by atoms with E-state index in [9.17, 15) is 0 Å². The van der Waals surface area contributed by atoms with Crippen LogP contribution in [-0.4, -0.2) is 24.3 Å². The predicted octanol–water partition coefficient (Wildman–Crippen LogP) is 6.19. The Balaban J connectivity index is 0.00000529. The minimum atomic E-state index is 0. The molecule has 1 heterocycles. The zero-order valence-corrected chi connectivity index (χ0v) is 17.6. The number of halogens is 1. The van der Waals surface area contributed by atoms with Gasteiger partial charge < -0.3 is 10.6 Å². The lowest BCUT2D eigenvalue weighted by Crippen LogP contribution is -2.30. The van der Waals surface area contributed by atoms with Gasteiger partial charge >= 0.3 is 0 Å². The van der Waals surface area contributed by atoms with Crippen LogP contribution >= 0.6 is 17.0 Å². The Morgan fingerprint density at radius 1 is 0.833 bits per heavy atom. The van der Waals surface area contributed by atoms with Crippen LogP contribution < -0.4 is 5.73 Å². The van der Waals surface area contributed by atoms with E-state index in [0.717, 1.165) is 18.8 Å². The van der Waals surface area contributed by atoms with Gasteiger partial charge in [0.25, 0.3) is 0 Å². The second-order valence-corrected chi connectivity index (χ2v) is 7.04. The molecule has 0 aromatic heterocycles. The van der Waals surface area contributed by atoms with Crippen molar-refractivity contribution in [1.29, 1.82) is 0 Å². The van der Waals surface area contributed by atoms with E-state index in [2.05, 4.69) is 16.8 Å². The Bertz CT molecular complexity index is 329. The molecular weight excluding hydrogens is 362 g/mol. The van der Waals surface area contributed by atoms with Crippen LogP contribution in [0.15, 0.2) is 16.9 Å². The molecule has 0 amide bonds. The van der Waals surface area contributed by atoms with Crippen molar-refractivity contribution in [2.45, 2.75) is 96.8 Å². The third-order valence-corrected chi connectivity index (χ3v) is 4.65. The molecule has 0 saturated carbocycles. The lowest BCUT2D eigenvalue weighted by molar-refractivity contribution is 0.429. The zero-order chi connectivity index (χ0) is 16.6. The van der Waals surface area contributed by atoms with Crippen molar-refractivity contribution in [3.05, 3.63) is 11.9 Å². The van der Waals surface area contributed by atoms with Crippen molar-refractivity contribution >= 4 is 23.3 Å². The highest BCUT2D eigenvalue weighted by Gasteiger charge is 2.04. The van der Waals surface area contributed by atoms with Crippen molar-refractivity contribution in [3.8, 4) is 0 Å². The van der Waals surface area contributed by atoms with Crippen LogP contribution in [0.4, 0.5) is 0 Å². The summed E-state index contributed by atoms with van der Waals surface area (Å²) in [6.45, 7) is 4.23. The molecule has 1 aliphatic heterocycles. The number of nitrogens with zero attached hydrogens (tertiary/aromatic N) is 2. The van der Waals surface area contributed by atoms with Crippen LogP contribution in [-0.2, 0) is 0 Å². The molecule has 0 fully saturated rings. The van der Waals surface area contributed by atoms with E-state index in [4.69, 9.17) is 5.73 Å². The molecule has 0 aliphatic carbocycles. The van der Waals surface area contributed by atoms with Crippen LogP contribution in [0.1, 0.15) is 96.8 Å². The Morgan fingerprint density at radius 2 is 1.29 bits per heavy atom. The van der Waals surface area contributed by atoms with Crippen molar-refractivity contribution < 1.29 is 0 Å². The number of hydrogen-bond acceptors (Lipinski definition) is 3. The average molecular weight is 402 g/mol. The highest BCUT2D eigenvalue weighted by Crippen LogP contribution is 2.13. The highest BCUT2D eigenvalue weighted by atomic mass is 79.9. The summed E-state index contributed by atoms with van der Waals surface area (Å²) in [5.41, 5.74) is 6.65. The predicted molar refractivity (Wildman–Crippen MR) is 113 cm³/mol. The van der Waals surface area contributed by atoms with Crippen molar-refractivity contribution in [2.75, 3.05) is 13.1 Å². The smallest absolute Gasteiger partial charge is 0.0909 e. The Labute approximate surface area is 160 Å². The summed E-state index contributed by atoms with van der Waals surface area (Å²) in [4.78, 5) is 6.36. The third kappa shape index (κ3) is 13.9. The monoisotopic (exact) mass is 401 g/mol. The summed E-state index contributed by atoms with van der Waals surface area (Å²) in [5, 5.41) is 0. The Hall–Kier alpha value is -0.510. The fourth-order valence-electron chi connectivity index (χ4n) is 3.19. The first-order chi connectivity index (χ1) is 11.3. The van der Waals surface area contributed by atoms with Gasteiger partial charge in [0.15, 0.2) is 0 Å². The van der Waals surface area contributed by atoms with Crippen molar-refractivity contribution in [1.82, 2.24) is 4.90 Å². The number of nitrogens with two attached hydrogens (primary N) is 1. The molecule has 0 aromatic carbocycles. The van der Waals surface area contributed by atoms with Gasteiger partial charge in [-0.2, -0.15) is 0 Å². The van der Waals surface area contributed by atoms with Crippen LogP contribution in [0.2, 0.25) is 0 Å². The number of unbranched alkanes of at least 4 members (excludes halogenated alkanes) is 13. The molecule has 1 aliphatic rings. The van der Waals surface area contributed by atoms with Crippen molar-refractivity contribution in [3.63, 3.8) is 0 Å². The van der Waals surface area contributed by atoms with Crippen molar-refractivity contribution in [2.24, 2.45) is 10.7 Å². The van der Waals surface area contributed by atoms with Gasteiger partial charge in [0, 0.05) is 18.4 Å². The Kier molecular flexibility index (Phi) is 16.9. The summed E-state index contributed by atoms with van der Waals surface area (Å²) < 4.78 is 0. The molecule has 3 nitrogen and oxygen atoms in total. The van der Waals surface area contributed by atoms with Gasteiger partial charge in [-0.3, -0.25) is 0 Å². The van der Waals surface area contributed by atoms with Gasteiger partial charge in [0.05, 0.1) is 12.9 Å². The highest BCUT2D eigenvalue weighted by molar-refractivity contribution is 8.93. The topological polar surface area (TPSA) is 41.6 Å². The van der Waals surface area contributed by atoms with E-state index in [1.807, 2.05) is 6.34 Å². The maximum Gasteiger partial charge on any atom is 0.0909 e. The molecule has 0 bridgehead atoms. The molecule has 0 spiro atoms. The van der Waals surface area contributed by atoms with Gasteiger partial charge in [-0.1, -0.05) is 90.4 Å². The molecule has 2 N–H and O–H groups in total. The molecular formula is C20H40BrN3. The first-order valence-electron chi connectivity index (χ1n) is 10.0. The largest absolute Gasteiger partial charge is 0.399 e. The first-order valence-corrected chi connectivity index (χ1v) is 10.0. The molecule has 4 heteroatoms.